The molecule has 0 radical (unpaired) electrons. The average Bonchev–Trinajstić information content (AvgIpc) is 2.84. The second-order valence-electron chi connectivity index (χ2n) is 4.24. The fraction of sp³-hybridized carbons (Fsp3) is 0.917. The van der Waals surface area contributed by atoms with Gasteiger partial charge in [-0.3, -0.25) is 4.79 Å². The lowest BCUT2D eigenvalue weighted by atomic mass is 10.2. The van der Waals surface area contributed by atoms with E-state index in [0.717, 1.165) is 32.5 Å². The Morgan fingerprint density at radius 3 is 2.89 bits per heavy atom. The Hall–Kier alpha value is -0.360. The Morgan fingerprint density at radius 2 is 2.33 bits per heavy atom. The molecule has 0 aromatic heterocycles. The minimum atomic E-state index is 0. The van der Waals surface area contributed by atoms with E-state index in [1.54, 1.807) is 7.11 Å². The zero-order chi connectivity index (χ0) is 12.5. The molecule has 6 heteroatoms. The van der Waals surface area contributed by atoms with Gasteiger partial charge in [-0.2, -0.15) is 0 Å². The van der Waals surface area contributed by atoms with E-state index in [9.17, 15) is 4.79 Å². The first kappa shape index (κ1) is 17.6. The molecular formula is C12H25ClN2O3. The smallest absolute Gasteiger partial charge is 0.236 e. The molecule has 1 fully saturated rings. The molecule has 0 bridgehead atoms. The molecule has 0 aromatic rings. The number of carbonyl (C=O) groups is 1. The van der Waals surface area contributed by atoms with Gasteiger partial charge in [-0.1, -0.05) is 0 Å². The molecule has 0 spiro atoms. The van der Waals surface area contributed by atoms with E-state index in [-0.39, 0.29) is 24.4 Å². The van der Waals surface area contributed by atoms with E-state index in [2.05, 4.69) is 5.32 Å². The van der Waals surface area contributed by atoms with Crippen LogP contribution in [0.3, 0.4) is 0 Å². The molecule has 1 atom stereocenters. The number of methoxy groups -OCH3 is 1. The fourth-order valence-corrected chi connectivity index (χ4v) is 1.92. The van der Waals surface area contributed by atoms with Crippen LogP contribution >= 0.6 is 12.4 Å². The van der Waals surface area contributed by atoms with Crippen LogP contribution in [0, 0.1) is 0 Å². The first-order valence-corrected chi connectivity index (χ1v) is 6.37. The van der Waals surface area contributed by atoms with Crippen molar-refractivity contribution in [2.24, 2.45) is 0 Å². The molecule has 0 aliphatic carbocycles. The predicted molar refractivity (Wildman–Crippen MR) is 73.2 cm³/mol. The van der Waals surface area contributed by atoms with Crippen LogP contribution in [-0.4, -0.2) is 63.4 Å². The van der Waals surface area contributed by atoms with E-state index in [1.165, 1.54) is 0 Å². The highest BCUT2D eigenvalue weighted by atomic mass is 35.5. The first-order chi connectivity index (χ1) is 8.27. The largest absolute Gasteiger partial charge is 0.383 e. The molecule has 1 aliphatic rings. The number of hydrogen-bond donors (Lipinski definition) is 1. The Balaban J connectivity index is 0.00000289. The zero-order valence-electron chi connectivity index (χ0n) is 11.3. The number of amides is 1. The van der Waals surface area contributed by atoms with Crippen LogP contribution < -0.4 is 5.32 Å². The van der Waals surface area contributed by atoms with Gasteiger partial charge < -0.3 is 19.7 Å². The summed E-state index contributed by atoms with van der Waals surface area (Å²) in [7, 11) is 1.65. The van der Waals surface area contributed by atoms with Gasteiger partial charge in [0.05, 0.1) is 19.3 Å². The molecule has 1 unspecified atom stereocenters. The Bertz CT molecular complexity index is 223. The lowest BCUT2D eigenvalue weighted by Gasteiger charge is -2.24. The molecule has 1 amide bonds. The van der Waals surface area contributed by atoms with E-state index < -0.39 is 0 Å². The molecule has 1 aliphatic heterocycles. The number of carbonyl (C=O) groups excluding carboxylic acids is 1. The van der Waals surface area contributed by atoms with Crippen molar-refractivity contribution in [2.75, 3.05) is 46.5 Å². The van der Waals surface area contributed by atoms with Gasteiger partial charge in [0.25, 0.3) is 0 Å². The van der Waals surface area contributed by atoms with Gasteiger partial charge >= 0.3 is 0 Å². The van der Waals surface area contributed by atoms with Crippen molar-refractivity contribution < 1.29 is 14.3 Å². The Morgan fingerprint density at radius 1 is 1.56 bits per heavy atom. The minimum Gasteiger partial charge on any atom is -0.383 e. The second-order valence-corrected chi connectivity index (χ2v) is 4.24. The van der Waals surface area contributed by atoms with Crippen molar-refractivity contribution in [2.45, 2.75) is 25.9 Å². The monoisotopic (exact) mass is 280 g/mol. The lowest BCUT2D eigenvalue weighted by molar-refractivity contribution is -0.131. The summed E-state index contributed by atoms with van der Waals surface area (Å²) < 4.78 is 10.5. The third-order valence-corrected chi connectivity index (χ3v) is 2.94. The summed E-state index contributed by atoms with van der Waals surface area (Å²) >= 11 is 0. The molecule has 0 aromatic carbocycles. The van der Waals surface area contributed by atoms with Crippen LogP contribution in [0.1, 0.15) is 19.8 Å². The highest BCUT2D eigenvalue weighted by molar-refractivity contribution is 5.85. The third-order valence-electron chi connectivity index (χ3n) is 2.94. The summed E-state index contributed by atoms with van der Waals surface area (Å²) in [6, 6.07) is 0. The summed E-state index contributed by atoms with van der Waals surface area (Å²) in [6.45, 7) is 6.02. The minimum absolute atomic E-state index is 0. The number of ether oxygens (including phenoxy) is 2. The van der Waals surface area contributed by atoms with Gasteiger partial charge in [-0.05, 0) is 19.8 Å². The van der Waals surface area contributed by atoms with Crippen LogP contribution in [0.4, 0.5) is 0 Å². The average molecular weight is 281 g/mol. The number of hydrogen-bond acceptors (Lipinski definition) is 4. The SMILES string of the molecule is CCN(CC1CCCO1)C(=O)CNCCOC.Cl. The highest BCUT2D eigenvalue weighted by Crippen LogP contribution is 2.13. The van der Waals surface area contributed by atoms with Gasteiger partial charge in [0.2, 0.25) is 5.91 Å². The summed E-state index contributed by atoms with van der Waals surface area (Å²) in [5.41, 5.74) is 0. The van der Waals surface area contributed by atoms with E-state index in [1.807, 2.05) is 11.8 Å². The van der Waals surface area contributed by atoms with Crippen LogP contribution in [0.5, 0.6) is 0 Å². The number of nitrogens with zero attached hydrogens (tertiary/aromatic N) is 1. The summed E-state index contributed by atoms with van der Waals surface area (Å²) in [4.78, 5) is 13.7. The summed E-state index contributed by atoms with van der Waals surface area (Å²) in [5, 5.41) is 3.07. The fourth-order valence-electron chi connectivity index (χ4n) is 1.92. The molecular weight excluding hydrogens is 256 g/mol. The van der Waals surface area contributed by atoms with E-state index in [0.29, 0.717) is 19.7 Å². The van der Waals surface area contributed by atoms with Gasteiger partial charge in [0.1, 0.15) is 0 Å². The summed E-state index contributed by atoms with van der Waals surface area (Å²) in [6.07, 6.45) is 2.42. The van der Waals surface area contributed by atoms with Gasteiger partial charge in [0, 0.05) is 33.4 Å². The van der Waals surface area contributed by atoms with Crippen molar-refractivity contribution in [1.29, 1.82) is 0 Å². The molecule has 1 saturated heterocycles. The maximum Gasteiger partial charge on any atom is 0.236 e. The molecule has 108 valence electrons. The standard InChI is InChI=1S/C12H24N2O3.ClH/c1-3-14(10-11-5-4-7-17-11)12(15)9-13-6-8-16-2;/h11,13H,3-10H2,1-2H3;1H. The van der Waals surface area contributed by atoms with Crippen LogP contribution in [0.2, 0.25) is 0 Å². The van der Waals surface area contributed by atoms with Crippen molar-refractivity contribution in [3.63, 3.8) is 0 Å². The van der Waals surface area contributed by atoms with Crippen LogP contribution in [0.25, 0.3) is 0 Å². The maximum atomic E-state index is 11.9. The van der Waals surface area contributed by atoms with Gasteiger partial charge in [-0.25, -0.2) is 0 Å². The molecule has 1 heterocycles. The van der Waals surface area contributed by atoms with E-state index >= 15 is 0 Å². The maximum absolute atomic E-state index is 11.9. The zero-order valence-corrected chi connectivity index (χ0v) is 12.1. The number of likely N-dealkylation sites (N-methyl/N-ethyl adjacent to an activating group) is 1. The first-order valence-electron chi connectivity index (χ1n) is 6.37. The summed E-state index contributed by atoms with van der Waals surface area (Å²) in [5.74, 6) is 0.138. The highest BCUT2D eigenvalue weighted by Gasteiger charge is 2.21. The molecule has 1 rings (SSSR count). The van der Waals surface area contributed by atoms with Crippen molar-refractivity contribution in [3.8, 4) is 0 Å². The molecule has 5 nitrogen and oxygen atoms in total. The Kier molecular flexibility index (Phi) is 10.3. The normalized spacial score (nSPS) is 18.4. The number of rotatable bonds is 8. The Labute approximate surface area is 116 Å². The van der Waals surface area contributed by atoms with Gasteiger partial charge in [-0.15, -0.1) is 12.4 Å². The van der Waals surface area contributed by atoms with Crippen molar-refractivity contribution in [1.82, 2.24) is 10.2 Å². The predicted octanol–water partition coefficient (Wildman–Crippen LogP) is 0.672. The molecule has 1 N–H and O–H groups in total. The van der Waals surface area contributed by atoms with Crippen LogP contribution in [-0.2, 0) is 14.3 Å². The van der Waals surface area contributed by atoms with Crippen molar-refractivity contribution >= 4 is 18.3 Å². The van der Waals surface area contributed by atoms with E-state index in [4.69, 9.17) is 9.47 Å². The quantitative estimate of drug-likeness (QED) is 0.664. The third kappa shape index (κ3) is 6.54. The lowest BCUT2D eigenvalue weighted by Crippen LogP contribution is -2.42. The molecule has 18 heavy (non-hydrogen) atoms. The number of halogens is 1. The molecule has 0 saturated carbocycles. The topological polar surface area (TPSA) is 50.8 Å². The number of nitrogens with one attached hydrogen (secondary N) is 1. The van der Waals surface area contributed by atoms with Crippen LogP contribution in [0.15, 0.2) is 0 Å². The van der Waals surface area contributed by atoms with Gasteiger partial charge in [0.15, 0.2) is 0 Å². The second kappa shape index (κ2) is 10.6. The van der Waals surface area contributed by atoms with Crippen molar-refractivity contribution in [3.05, 3.63) is 0 Å².